The van der Waals surface area contributed by atoms with Gasteiger partial charge in [-0.2, -0.15) is 0 Å². The van der Waals surface area contributed by atoms with Crippen LogP contribution in [0.2, 0.25) is 6.32 Å². The zero-order valence-electron chi connectivity index (χ0n) is 26.3. The normalized spacial score (nSPS) is 13.4. The Balaban J connectivity index is 1.61. The molecule has 0 saturated heterocycles. The minimum Gasteiger partial charge on any atom is -0.461 e. The van der Waals surface area contributed by atoms with Crippen molar-refractivity contribution < 1.29 is 38.1 Å². The Morgan fingerprint density at radius 1 is 0.891 bits per heavy atom. The lowest BCUT2D eigenvalue weighted by Gasteiger charge is -2.28. The molecule has 0 aliphatic heterocycles. The van der Waals surface area contributed by atoms with E-state index in [-0.39, 0.29) is 57.4 Å². The molecule has 0 unspecified atom stereocenters. The highest BCUT2D eigenvalue weighted by atomic mass is 80.0. The SMILES string of the molecule is [B]CC(=O)N(CC(=O)OCC(Br)(Br)Br)C[C@H](COCCOCCOC(C)(C)C)NC(=O)OCC1c2ccccc2-c2ccccc21. The minimum absolute atomic E-state index is 0.0166. The summed E-state index contributed by atoms with van der Waals surface area (Å²) in [4.78, 5) is 39.6. The molecule has 0 saturated carbocycles. The van der Waals surface area contributed by atoms with Gasteiger partial charge in [-0.3, -0.25) is 9.59 Å². The molecular weight excluding hydrogens is 791 g/mol. The van der Waals surface area contributed by atoms with Crippen molar-refractivity contribution in [3.05, 3.63) is 59.7 Å². The number of carbonyl (C=O) groups is 3. The van der Waals surface area contributed by atoms with E-state index in [1.807, 2.05) is 57.2 Å². The van der Waals surface area contributed by atoms with Gasteiger partial charge in [-0.05, 0) is 49.3 Å². The number of hydrogen-bond donors (Lipinski definition) is 1. The molecule has 0 bridgehead atoms. The Labute approximate surface area is 297 Å². The van der Waals surface area contributed by atoms with Gasteiger partial charge in [0.05, 0.1) is 52.5 Å². The summed E-state index contributed by atoms with van der Waals surface area (Å²) in [5.41, 5.74) is 4.15. The van der Waals surface area contributed by atoms with Crippen molar-refractivity contribution in [2.45, 2.75) is 46.8 Å². The number of nitrogens with one attached hydrogen (secondary N) is 1. The fourth-order valence-electron chi connectivity index (χ4n) is 4.81. The van der Waals surface area contributed by atoms with E-state index in [0.717, 1.165) is 22.3 Å². The number of carbonyl (C=O) groups excluding carboxylic acids is 3. The molecule has 2 aromatic rings. The first-order valence-electron chi connectivity index (χ1n) is 14.9. The second kappa shape index (κ2) is 18.5. The van der Waals surface area contributed by atoms with E-state index in [2.05, 4.69) is 65.2 Å². The standard InChI is InChI=1S/C32H40BBr3N2O8/c1-31(2,3)46-15-14-42-12-13-43-19-22(17-38(28(39)16-33)18-29(40)45-21-32(34,35)36)37-30(41)44-20-27-25-10-6-4-8-23(25)24-9-5-7-11-26(24)27/h4-11,22,27H,12-21H2,1-3H3,(H,37,41)/t22-/m1/s1. The Morgan fingerprint density at radius 3 is 2.07 bits per heavy atom. The number of nitrogens with zero attached hydrogens (tertiary/aromatic N) is 1. The van der Waals surface area contributed by atoms with E-state index in [1.165, 1.54) is 4.90 Å². The van der Waals surface area contributed by atoms with Crippen LogP contribution in [0.4, 0.5) is 4.79 Å². The smallest absolute Gasteiger partial charge is 0.407 e. The number of alkyl halides is 3. The molecule has 2 amide bonds. The first-order valence-corrected chi connectivity index (χ1v) is 17.3. The summed E-state index contributed by atoms with van der Waals surface area (Å²) in [7, 11) is 5.63. The fourth-order valence-corrected chi connectivity index (χ4v) is 5.16. The zero-order valence-corrected chi connectivity index (χ0v) is 31.0. The van der Waals surface area contributed by atoms with Crippen LogP contribution in [0.3, 0.4) is 0 Å². The molecule has 3 rings (SSSR count). The number of esters is 1. The van der Waals surface area contributed by atoms with Crippen LogP contribution in [0, 0.1) is 0 Å². The van der Waals surface area contributed by atoms with Crippen molar-refractivity contribution >= 4 is 73.6 Å². The summed E-state index contributed by atoms with van der Waals surface area (Å²) in [6.07, 6.45) is -1.02. The highest BCUT2D eigenvalue weighted by Gasteiger charge is 2.30. The minimum atomic E-state index is -0.797. The summed E-state index contributed by atoms with van der Waals surface area (Å²) >= 11 is 9.79. The molecule has 0 spiro atoms. The van der Waals surface area contributed by atoms with Gasteiger partial charge in [0.15, 0.2) is 2.14 Å². The molecule has 1 atom stereocenters. The van der Waals surface area contributed by atoms with Crippen molar-refractivity contribution in [2.75, 3.05) is 59.3 Å². The molecule has 0 heterocycles. The maximum Gasteiger partial charge on any atom is 0.407 e. The van der Waals surface area contributed by atoms with E-state index < -0.39 is 26.2 Å². The van der Waals surface area contributed by atoms with Crippen LogP contribution in [0.1, 0.15) is 37.8 Å². The molecule has 2 radical (unpaired) electrons. The lowest BCUT2D eigenvalue weighted by atomic mass is 9.98. The van der Waals surface area contributed by atoms with Gasteiger partial charge in [0.25, 0.3) is 0 Å². The van der Waals surface area contributed by atoms with Crippen LogP contribution in [0.5, 0.6) is 0 Å². The average molecular weight is 831 g/mol. The van der Waals surface area contributed by atoms with Gasteiger partial charge in [-0.25, -0.2) is 4.79 Å². The number of alkyl carbamates (subject to hydrolysis) is 1. The number of rotatable bonds is 17. The van der Waals surface area contributed by atoms with Gasteiger partial charge in [-0.15, -0.1) is 0 Å². The number of fused-ring (bicyclic) bond motifs is 3. The van der Waals surface area contributed by atoms with E-state index in [9.17, 15) is 14.4 Å². The Morgan fingerprint density at radius 2 is 1.48 bits per heavy atom. The predicted molar refractivity (Wildman–Crippen MR) is 187 cm³/mol. The van der Waals surface area contributed by atoms with E-state index in [0.29, 0.717) is 19.8 Å². The molecular formula is C32H40BBr3N2O8. The quantitative estimate of drug-likeness (QED) is 0.0959. The largest absolute Gasteiger partial charge is 0.461 e. The highest BCUT2D eigenvalue weighted by molar-refractivity contribution is 9.39. The molecule has 14 heteroatoms. The highest BCUT2D eigenvalue weighted by Crippen LogP contribution is 2.44. The van der Waals surface area contributed by atoms with Crippen molar-refractivity contribution in [1.82, 2.24) is 10.2 Å². The number of amides is 2. The lowest BCUT2D eigenvalue weighted by Crippen LogP contribution is -2.50. The Bertz CT molecular complexity index is 1260. The van der Waals surface area contributed by atoms with Crippen LogP contribution < -0.4 is 5.32 Å². The molecule has 10 nitrogen and oxygen atoms in total. The van der Waals surface area contributed by atoms with E-state index in [1.54, 1.807) is 0 Å². The van der Waals surface area contributed by atoms with Gasteiger partial charge < -0.3 is 33.9 Å². The Kier molecular flexibility index (Phi) is 15.5. The summed E-state index contributed by atoms with van der Waals surface area (Å²) < 4.78 is 27.1. The number of ether oxygens (including phenoxy) is 5. The van der Waals surface area contributed by atoms with Crippen LogP contribution in [-0.2, 0) is 33.3 Å². The van der Waals surface area contributed by atoms with Crippen LogP contribution in [0.25, 0.3) is 11.1 Å². The van der Waals surface area contributed by atoms with Crippen molar-refractivity contribution in [2.24, 2.45) is 0 Å². The van der Waals surface area contributed by atoms with Crippen LogP contribution in [0.15, 0.2) is 48.5 Å². The summed E-state index contributed by atoms with van der Waals surface area (Å²) in [6.45, 7) is 6.92. The topological polar surface area (TPSA) is 113 Å². The molecule has 46 heavy (non-hydrogen) atoms. The first-order chi connectivity index (χ1) is 21.8. The molecule has 1 aliphatic rings. The lowest BCUT2D eigenvalue weighted by molar-refractivity contribution is -0.148. The summed E-state index contributed by atoms with van der Waals surface area (Å²) in [5, 5.41) is 2.80. The third kappa shape index (κ3) is 13.3. The van der Waals surface area contributed by atoms with Crippen molar-refractivity contribution in [3.8, 4) is 11.1 Å². The maximum absolute atomic E-state index is 13.1. The summed E-state index contributed by atoms with van der Waals surface area (Å²) in [6, 6.07) is 15.4. The monoisotopic (exact) mass is 828 g/mol. The van der Waals surface area contributed by atoms with Gasteiger partial charge in [0.2, 0.25) is 5.91 Å². The third-order valence-electron chi connectivity index (χ3n) is 6.80. The molecule has 1 aliphatic carbocycles. The summed E-state index contributed by atoms with van der Waals surface area (Å²) in [5.74, 6) is -1.28. The molecule has 1 N–H and O–H groups in total. The Hall–Kier alpha value is -1.97. The maximum atomic E-state index is 13.1. The van der Waals surface area contributed by atoms with Crippen molar-refractivity contribution in [3.63, 3.8) is 0 Å². The van der Waals surface area contributed by atoms with Crippen LogP contribution in [-0.4, -0.2) is 104 Å². The number of benzene rings is 2. The second-order valence-corrected chi connectivity index (χ2v) is 18.8. The first kappa shape index (κ1) is 38.5. The van der Waals surface area contributed by atoms with Gasteiger partial charge in [0, 0.05) is 12.5 Å². The van der Waals surface area contributed by atoms with Crippen LogP contribution >= 0.6 is 47.8 Å². The molecule has 2 aromatic carbocycles. The number of hydrogen-bond acceptors (Lipinski definition) is 8. The fraction of sp³-hybridized carbons (Fsp3) is 0.531. The molecule has 250 valence electrons. The number of halogens is 3. The molecule has 0 aromatic heterocycles. The second-order valence-electron chi connectivity index (χ2n) is 11.6. The van der Waals surface area contributed by atoms with E-state index >= 15 is 0 Å². The van der Waals surface area contributed by atoms with E-state index in [4.69, 9.17) is 31.5 Å². The average Bonchev–Trinajstić information content (AvgIpc) is 3.32. The van der Waals surface area contributed by atoms with Crippen molar-refractivity contribution in [1.29, 1.82) is 0 Å². The third-order valence-corrected chi connectivity index (χ3v) is 7.49. The van der Waals surface area contributed by atoms with Gasteiger partial charge >= 0.3 is 12.1 Å². The zero-order chi connectivity index (χ0) is 33.7. The van der Waals surface area contributed by atoms with Gasteiger partial charge in [0.1, 0.15) is 19.8 Å². The van der Waals surface area contributed by atoms with Gasteiger partial charge in [-0.1, -0.05) is 96.3 Å². The molecule has 0 fully saturated rings. The predicted octanol–water partition coefficient (Wildman–Crippen LogP) is 5.54.